The highest BCUT2D eigenvalue weighted by Gasteiger charge is 2.18. The minimum atomic E-state index is -0.181. The molecule has 3 aromatic rings. The molecule has 0 fully saturated rings. The molecule has 6 heteroatoms. The number of carbonyl (C=O) groups excluding carboxylic acids is 1. The zero-order valence-corrected chi connectivity index (χ0v) is 14.6. The normalized spacial score (nSPS) is 10.8. The summed E-state index contributed by atoms with van der Waals surface area (Å²) in [5, 5.41) is 3.54. The van der Waals surface area contributed by atoms with Crippen molar-refractivity contribution < 1.29 is 4.79 Å². The summed E-state index contributed by atoms with van der Waals surface area (Å²) >= 11 is 6.02. The van der Waals surface area contributed by atoms with E-state index in [1.807, 2.05) is 50.2 Å². The lowest BCUT2D eigenvalue weighted by Crippen LogP contribution is -2.16. The van der Waals surface area contributed by atoms with Gasteiger partial charge in [0.05, 0.1) is 5.69 Å². The first-order chi connectivity index (χ1) is 11.5. The van der Waals surface area contributed by atoms with E-state index in [1.54, 1.807) is 22.7 Å². The number of nitrogens with zero attached hydrogens (tertiary/aromatic N) is 3. The summed E-state index contributed by atoms with van der Waals surface area (Å²) in [6, 6.07) is 11.2. The first kappa shape index (κ1) is 16.3. The molecule has 0 saturated heterocycles. The van der Waals surface area contributed by atoms with Gasteiger partial charge in [0.25, 0.3) is 5.91 Å². The second-order valence-corrected chi connectivity index (χ2v) is 6.17. The Bertz CT molecular complexity index is 884. The van der Waals surface area contributed by atoms with Crippen LogP contribution in [0, 0.1) is 0 Å². The van der Waals surface area contributed by atoms with Crippen molar-refractivity contribution >= 4 is 34.5 Å². The predicted molar refractivity (Wildman–Crippen MR) is 98.3 cm³/mol. The molecular formula is C18H19ClN4O. The summed E-state index contributed by atoms with van der Waals surface area (Å²) in [4.78, 5) is 19.3. The molecule has 0 spiro atoms. The van der Waals surface area contributed by atoms with Crippen LogP contribution < -0.4 is 10.2 Å². The van der Waals surface area contributed by atoms with Gasteiger partial charge in [-0.15, -0.1) is 0 Å². The third-order valence-electron chi connectivity index (χ3n) is 3.85. The number of hydrogen-bond donors (Lipinski definition) is 1. The Morgan fingerprint density at radius 3 is 2.58 bits per heavy atom. The van der Waals surface area contributed by atoms with E-state index in [2.05, 4.69) is 10.3 Å². The Hall–Kier alpha value is -2.53. The average Bonchev–Trinajstić information content (AvgIpc) is 2.92. The molecule has 0 unspecified atom stereocenters. The van der Waals surface area contributed by atoms with Crippen molar-refractivity contribution in [1.29, 1.82) is 0 Å². The Morgan fingerprint density at radius 2 is 1.96 bits per heavy atom. The van der Waals surface area contributed by atoms with Crippen molar-refractivity contribution in [3.63, 3.8) is 0 Å². The molecule has 124 valence electrons. The number of rotatable bonds is 4. The van der Waals surface area contributed by atoms with Gasteiger partial charge in [-0.2, -0.15) is 0 Å². The van der Waals surface area contributed by atoms with E-state index in [0.29, 0.717) is 22.8 Å². The highest BCUT2D eigenvalue weighted by atomic mass is 35.5. The van der Waals surface area contributed by atoms with E-state index >= 15 is 0 Å². The summed E-state index contributed by atoms with van der Waals surface area (Å²) in [5.74, 6) is -0.181. The number of imidazole rings is 1. The van der Waals surface area contributed by atoms with E-state index < -0.39 is 0 Å². The number of carbonyl (C=O) groups is 1. The summed E-state index contributed by atoms with van der Waals surface area (Å²) in [6.45, 7) is 1.98. The monoisotopic (exact) mass is 342 g/mol. The van der Waals surface area contributed by atoms with Crippen molar-refractivity contribution in [2.45, 2.75) is 13.3 Å². The summed E-state index contributed by atoms with van der Waals surface area (Å²) in [5.41, 5.74) is 3.79. The average molecular weight is 343 g/mol. The zero-order valence-electron chi connectivity index (χ0n) is 13.9. The maximum Gasteiger partial charge on any atom is 0.274 e. The van der Waals surface area contributed by atoms with Crippen LogP contribution in [0.5, 0.6) is 0 Å². The summed E-state index contributed by atoms with van der Waals surface area (Å²) in [7, 11) is 3.95. The number of pyridine rings is 1. The first-order valence-electron chi connectivity index (χ1n) is 7.75. The molecule has 1 N–H and O–H groups in total. The number of hydrogen-bond acceptors (Lipinski definition) is 3. The molecule has 0 aliphatic carbocycles. The van der Waals surface area contributed by atoms with Gasteiger partial charge in [-0.1, -0.05) is 18.5 Å². The van der Waals surface area contributed by atoms with E-state index in [1.165, 1.54) is 0 Å². The van der Waals surface area contributed by atoms with Crippen molar-refractivity contribution in [3.8, 4) is 0 Å². The molecule has 2 heterocycles. The van der Waals surface area contributed by atoms with Gasteiger partial charge < -0.3 is 10.2 Å². The number of halogens is 1. The van der Waals surface area contributed by atoms with Crippen LogP contribution in [-0.2, 0) is 6.42 Å². The molecule has 0 bridgehead atoms. The fourth-order valence-electron chi connectivity index (χ4n) is 2.59. The van der Waals surface area contributed by atoms with Gasteiger partial charge in [0.2, 0.25) is 0 Å². The largest absolute Gasteiger partial charge is 0.378 e. The van der Waals surface area contributed by atoms with E-state index in [0.717, 1.165) is 17.1 Å². The smallest absolute Gasteiger partial charge is 0.274 e. The van der Waals surface area contributed by atoms with Crippen LogP contribution in [0.15, 0.2) is 42.6 Å². The molecule has 0 radical (unpaired) electrons. The van der Waals surface area contributed by atoms with Crippen LogP contribution in [-0.4, -0.2) is 29.4 Å². The lowest BCUT2D eigenvalue weighted by molar-refractivity contribution is 0.102. The minimum Gasteiger partial charge on any atom is -0.378 e. The third kappa shape index (κ3) is 3.08. The van der Waals surface area contributed by atoms with Crippen molar-refractivity contribution in [1.82, 2.24) is 9.38 Å². The number of amides is 1. The quantitative estimate of drug-likeness (QED) is 0.783. The number of anilines is 2. The minimum absolute atomic E-state index is 0.181. The summed E-state index contributed by atoms with van der Waals surface area (Å²) < 4.78 is 1.77. The van der Waals surface area contributed by atoms with Crippen LogP contribution >= 0.6 is 11.6 Å². The molecule has 1 amide bonds. The van der Waals surface area contributed by atoms with Crippen LogP contribution in [0.25, 0.3) is 5.65 Å². The first-order valence-corrected chi connectivity index (χ1v) is 8.12. The Balaban J connectivity index is 1.93. The fraction of sp³-hybridized carbons (Fsp3) is 0.222. The molecule has 2 aromatic heterocycles. The third-order valence-corrected chi connectivity index (χ3v) is 4.09. The van der Waals surface area contributed by atoms with Gasteiger partial charge >= 0.3 is 0 Å². The number of aryl methyl sites for hydroxylation is 1. The Kier molecular flexibility index (Phi) is 4.44. The van der Waals surface area contributed by atoms with Crippen molar-refractivity contribution in [2.75, 3.05) is 24.3 Å². The van der Waals surface area contributed by atoms with Crippen molar-refractivity contribution in [3.05, 3.63) is 59.0 Å². The van der Waals surface area contributed by atoms with Gasteiger partial charge in [0, 0.05) is 42.8 Å². The molecule has 0 saturated carbocycles. The van der Waals surface area contributed by atoms with Crippen LogP contribution in [0.1, 0.15) is 23.1 Å². The number of nitrogens with one attached hydrogen (secondary N) is 1. The standard InChI is InChI=1S/C18H19ClN4O/c1-4-15-17(23-10-9-12(19)11-16(23)21-15)18(24)20-13-5-7-14(8-6-13)22(2)3/h5-11H,4H2,1-3H3,(H,20,24). The number of benzene rings is 1. The van der Waals surface area contributed by atoms with E-state index in [4.69, 9.17) is 11.6 Å². The second-order valence-electron chi connectivity index (χ2n) is 5.73. The molecule has 5 nitrogen and oxygen atoms in total. The molecule has 0 aliphatic heterocycles. The van der Waals surface area contributed by atoms with Crippen LogP contribution in [0.3, 0.4) is 0 Å². The van der Waals surface area contributed by atoms with Gasteiger partial charge in [-0.05, 0) is 36.8 Å². The zero-order chi connectivity index (χ0) is 17.3. The molecule has 1 aromatic carbocycles. The maximum atomic E-state index is 12.8. The van der Waals surface area contributed by atoms with Gasteiger partial charge in [0.15, 0.2) is 0 Å². The molecule has 24 heavy (non-hydrogen) atoms. The molecular weight excluding hydrogens is 324 g/mol. The number of fused-ring (bicyclic) bond motifs is 1. The van der Waals surface area contributed by atoms with Crippen LogP contribution in [0.4, 0.5) is 11.4 Å². The highest BCUT2D eigenvalue weighted by Crippen LogP contribution is 2.20. The molecule has 3 rings (SSSR count). The van der Waals surface area contributed by atoms with Crippen molar-refractivity contribution in [2.24, 2.45) is 0 Å². The van der Waals surface area contributed by atoms with E-state index in [9.17, 15) is 4.79 Å². The number of aromatic nitrogens is 2. The highest BCUT2D eigenvalue weighted by molar-refractivity contribution is 6.30. The van der Waals surface area contributed by atoms with Gasteiger partial charge in [0.1, 0.15) is 11.3 Å². The SMILES string of the molecule is CCc1nc2cc(Cl)ccn2c1C(=O)Nc1ccc(N(C)C)cc1. The Labute approximate surface area is 145 Å². The fourth-order valence-corrected chi connectivity index (χ4v) is 2.74. The van der Waals surface area contributed by atoms with E-state index in [-0.39, 0.29) is 5.91 Å². The van der Waals surface area contributed by atoms with Gasteiger partial charge in [-0.25, -0.2) is 4.98 Å². The molecule has 0 atom stereocenters. The lowest BCUT2D eigenvalue weighted by atomic mass is 10.2. The summed E-state index contributed by atoms with van der Waals surface area (Å²) in [6.07, 6.45) is 2.44. The maximum absolute atomic E-state index is 12.8. The topological polar surface area (TPSA) is 49.6 Å². The predicted octanol–water partition coefficient (Wildman–Crippen LogP) is 3.87. The Morgan fingerprint density at radius 1 is 1.25 bits per heavy atom. The molecule has 0 aliphatic rings. The second kappa shape index (κ2) is 6.53. The lowest BCUT2D eigenvalue weighted by Gasteiger charge is -2.13. The van der Waals surface area contributed by atoms with Crippen LogP contribution in [0.2, 0.25) is 5.02 Å². The van der Waals surface area contributed by atoms with Gasteiger partial charge in [-0.3, -0.25) is 9.20 Å².